The van der Waals surface area contributed by atoms with Crippen LogP contribution in [0.2, 0.25) is 0 Å². The van der Waals surface area contributed by atoms with Crippen LogP contribution in [0, 0.1) is 0 Å². The van der Waals surface area contributed by atoms with Crippen molar-refractivity contribution in [3.05, 3.63) is 46.7 Å². The molecule has 25 heavy (non-hydrogen) atoms. The molecule has 1 fully saturated rings. The van der Waals surface area contributed by atoms with Crippen LogP contribution in [0.5, 0.6) is 5.75 Å². The highest BCUT2D eigenvalue weighted by atomic mass is 16.5. The summed E-state index contributed by atoms with van der Waals surface area (Å²) in [7, 11) is 2.94. The van der Waals surface area contributed by atoms with E-state index >= 15 is 0 Å². The second-order valence-electron chi connectivity index (χ2n) is 6.40. The normalized spacial score (nSPS) is 19.9. The maximum atomic E-state index is 13.1. The van der Waals surface area contributed by atoms with Crippen molar-refractivity contribution >= 4 is 18.0 Å². The van der Waals surface area contributed by atoms with Gasteiger partial charge in [0.05, 0.1) is 25.4 Å². The molecular formula is C20H23NO4. The van der Waals surface area contributed by atoms with Crippen LogP contribution in [-0.2, 0) is 14.3 Å². The van der Waals surface area contributed by atoms with Crippen molar-refractivity contribution in [2.24, 2.45) is 0 Å². The summed E-state index contributed by atoms with van der Waals surface area (Å²) in [6.07, 6.45) is 5.93. The van der Waals surface area contributed by atoms with Crippen LogP contribution in [0.25, 0.3) is 6.08 Å². The fraction of sp³-hybridized carbons (Fsp3) is 0.400. The predicted molar refractivity (Wildman–Crippen MR) is 94.8 cm³/mol. The number of benzene rings is 1. The van der Waals surface area contributed by atoms with Crippen molar-refractivity contribution in [2.75, 3.05) is 14.2 Å². The highest BCUT2D eigenvalue weighted by Crippen LogP contribution is 2.37. The molecule has 1 saturated carbocycles. The van der Waals surface area contributed by atoms with Gasteiger partial charge < -0.3 is 14.4 Å². The van der Waals surface area contributed by atoms with Crippen LogP contribution in [-0.4, -0.2) is 37.0 Å². The fourth-order valence-corrected chi connectivity index (χ4v) is 3.70. The SMILES string of the molecule is COC(=O)C1=C(C)N(C2CCCC2)C(=O)C1=Cc1cccc(OC)c1. The number of amides is 1. The van der Waals surface area contributed by atoms with Gasteiger partial charge in [0, 0.05) is 11.7 Å². The van der Waals surface area contributed by atoms with Gasteiger partial charge in [0.2, 0.25) is 0 Å². The Labute approximate surface area is 147 Å². The molecule has 1 amide bonds. The summed E-state index contributed by atoms with van der Waals surface area (Å²) in [4.78, 5) is 27.2. The molecule has 0 spiro atoms. The zero-order valence-electron chi connectivity index (χ0n) is 14.9. The molecule has 1 aromatic carbocycles. The number of ether oxygens (including phenoxy) is 2. The number of esters is 1. The number of methoxy groups -OCH3 is 2. The maximum absolute atomic E-state index is 13.1. The van der Waals surface area contributed by atoms with Gasteiger partial charge in [-0.1, -0.05) is 25.0 Å². The lowest BCUT2D eigenvalue weighted by Gasteiger charge is -2.25. The van der Waals surface area contributed by atoms with Crippen LogP contribution in [0.15, 0.2) is 41.1 Å². The van der Waals surface area contributed by atoms with Crippen LogP contribution in [0.4, 0.5) is 0 Å². The van der Waals surface area contributed by atoms with Crippen molar-refractivity contribution in [1.82, 2.24) is 4.90 Å². The first-order valence-corrected chi connectivity index (χ1v) is 8.55. The van der Waals surface area contributed by atoms with Gasteiger partial charge in [-0.2, -0.15) is 0 Å². The first kappa shape index (κ1) is 17.3. The van der Waals surface area contributed by atoms with E-state index in [4.69, 9.17) is 9.47 Å². The van der Waals surface area contributed by atoms with E-state index in [0.717, 1.165) is 31.2 Å². The van der Waals surface area contributed by atoms with E-state index < -0.39 is 5.97 Å². The molecule has 1 heterocycles. The smallest absolute Gasteiger partial charge is 0.340 e. The summed E-state index contributed by atoms with van der Waals surface area (Å²) in [6, 6.07) is 7.58. The average molecular weight is 341 g/mol. The minimum atomic E-state index is -0.472. The third-order valence-corrected chi connectivity index (χ3v) is 4.93. The second-order valence-corrected chi connectivity index (χ2v) is 6.40. The molecule has 3 rings (SSSR count). The Morgan fingerprint density at radius 2 is 1.96 bits per heavy atom. The van der Waals surface area contributed by atoms with E-state index in [9.17, 15) is 9.59 Å². The molecule has 0 unspecified atom stereocenters. The summed E-state index contributed by atoms with van der Waals surface area (Å²) in [5.74, 6) is 0.112. The maximum Gasteiger partial charge on any atom is 0.340 e. The van der Waals surface area contributed by atoms with Crippen molar-refractivity contribution in [1.29, 1.82) is 0 Å². The Kier molecular flexibility index (Phi) is 4.93. The van der Waals surface area contributed by atoms with Crippen molar-refractivity contribution in [3.63, 3.8) is 0 Å². The molecule has 0 saturated heterocycles. The fourth-order valence-electron chi connectivity index (χ4n) is 3.70. The van der Waals surface area contributed by atoms with E-state index in [1.165, 1.54) is 7.11 Å². The van der Waals surface area contributed by atoms with Gasteiger partial charge in [-0.25, -0.2) is 4.79 Å². The third kappa shape index (κ3) is 3.18. The zero-order valence-corrected chi connectivity index (χ0v) is 14.9. The molecule has 0 N–H and O–H groups in total. The monoisotopic (exact) mass is 341 g/mol. The van der Waals surface area contributed by atoms with Crippen LogP contribution in [0.1, 0.15) is 38.2 Å². The molecule has 2 aliphatic rings. The number of nitrogens with zero attached hydrogens (tertiary/aromatic N) is 1. The van der Waals surface area contributed by atoms with E-state index in [0.29, 0.717) is 22.6 Å². The molecule has 5 heteroatoms. The minimum absolute atomic E-state index is 0.118. The molecule has 0 bridgehead atoms. The van der Waals surface area contributed by atoms with Gasteiger partial charge in [0.25, 0.3) is 5.91 Å². The molecule has 0 atom stereocenters. The van der Waals surface area contributed by atoms with E-state index in [1.807, 2.05) is 31.2 Å². The van der Waals surface area contributed by atoms with E-state index in [2.05, 4.69) is 0 Å². The molecule has 1 aromatic rings. The largest absolute Gasteiger partial charge is 0.497 e. The van der Waals surface area contributed by atoms with Gasteiger partial charge in [-0.05, 0) is 43.5 Å². The predicted octanol–water partition coefficient (Wildman–Crippen LogP) is 3.31. The lowest BCUT2D eigenvalue weighted by molar-refractivity contribution is -0.136. The molecular weight excluding hydrogens is 318 g/mol. The van der Waals surface area contributed by atoms with Crippen LogP contribution in [0.3, 0.4) is 0 Å². The number of rotatable bonds is 4. The van der Waals surface area contributed by atoms with E-state index in [1.54, 1.807) is 18.1 Å². The standard InChI is InChI=1S/C20H23NO4/c1-13-18(20(23)25-3)17(12-14-7-6-10-16(11-14)24-2)19(22)21(13)15-8-4-5-9-15/h6-7,10-12,15H,4-5,8-9H2,1-3H3. The molecule has 0 aromatic heterocycles. The molecule has 5 nitrogen and oxygen atoms in total. The quantitative estimate of drug-likeness (QED) is 0.623. The van der Waals surface area contributed by atoms with Crippen LogP contribution >= 0.6 is 0 Å². The summed E-state index contributed by atoms with van der Waals surface area (Å²) in [5.41, 5.74) is 2.26. The highest BCUT2D eigenvalue weighted by Gasteiger charge is 2.40. The Balaban J connectivity index is 2.05. The van der Waals surface area contributed by atoms with Crippen molar-refractivity contribution in [2.45, 2.75) is 38.6 Å². The van der Waals surface area contributed by atoms with Crippen molar-refractivity contribution < 1.29 is 19.1 Å². The second kappa shape index (κ2) is 7.13. The lowest BCUT2D eigenvalue weighted by Crippen LogP contribution is -2.34. The highest BCUT2D eigenvalue weighted by molar-refractivity contribution is 6.16. The number of carbonyl (C=O) groups excluding carboxylic acids is 2. The van der Waals surface area contributed by atoms with Gasteiger partial charge in [-0.15, -0.1) is 0 Å². The number of hydrogen-bond donors (Lipinski definition) is 0. The molecule has 132 valence electrons. The lowest BCUT2D eigenvalue weighted by atomic mass is 10.0. The van der Waals surface area contributed by atoms with Gasteiger partial charge in [-0.3, -0.25) is 4.79 Å². The molecule has 0 radical (unpaired) electrons. The Hall–Kier alpha value is -2.56. The van der Waals surface area contributed by atoms with Crippen molar-refractivity contribution in [3.8, 4) is 5.75 Å². The first-order valence-electron chi connectivity index (χ1n) is 8.55. The first-order chi connectivity index (χ1) is 12.1. The van der Waals surface area contributed by atoms with Gasteiger partial charge >= 0.3 is 5.97 Å². The number of allylic oxidation sites excluding steroid dienone is 1. The number of carbonyl (C=O) groups is 2. The summed E-state index contributed by atoms with van der Waals surface area (Å²) in [6.45, 7) is 1.83. The minimum Gasteiger partial charge on any atom is -0.497 e. The zero-order chi connectivity index (χ0) is 18.0. The Bertz CT molecular complexity index is 757. The summed E-state index contributed by atoms with van der Waals surface area (Å²) >= 11 is 0. The number of hydrogen-bond acceptors (Lipinski definition) is 4. The Morgan fingerprint density at radius 1 is 1.24 bits per heavy atom. The summed E-state index contributed by atoms with van der Waals surface area (Å²) in [5, 5.41) is 0. The summed E-state index contributed by atoms with van der Waals surface area (Å²) < 4.78 is 10.2. The van der Waals surface area contributed by atoms with E-state index in [-0.39, 0.29) is 11.9 Å². The Morgan fingerprint density at radius 3 is 2.60 bits per heavy atom. The van der Waals surface area contributed by atoms with Gasteiger partial charge in [0.15, 0.2) is 0 Å². The third-order valence-electron chi connectivity index (χ3n) is 4.93. The average Bonchev–Trinajstić information content (AvgIpc) is 3.22. The topological polar surface area (TPSA) is 55.8 Å². The molecule has 1 aliphatic carbocycles. The van der Waals surface area contributed by atoms with Gasteiger partial charge in [0.1, 0.15) is 5.75 Å². The molecule has 1 aliphatic heterocycles. The van der Waals surface area contributed by atoms with Crippen LogP contribution < -0.4 is 4.74 Å².